The molecule has 0 aliphatic heterocycles. The number of sulfonamides is 1. The van der Waals surface area contributed by atoms with Crippen molar-refractivity contribution < 1.29 is 8.42 Å². The highest BCUT2D eigenvalue weighted by Gasteiger charge is 2.23. The standard InChI is InChI=1S/C11H6BrCl3N2O2S/c12-6-3-8(14)11(9(15)4-6)20(18,19)17-10-2-1-7(13)5-16-10/h1-5H,(H,16,17). The molecule has 1 heterocycles. The predicted molar refractivity (Wildman–Crippen MR) is 84.2 cm³/mol. The van der Waals surface area contributed by atoms with Gasteiger partial charge in [-0.2, -0.15) is 0 Å². The zero-order chi connectivity index (χ0) is 14.9. The summed E-state index contributed by atoms with van der Waals surface area (Å²) in [6, 6.07) is 5.83. The maximum absolute atomic E-state index is 12.3. The first-order valence-corrected chi connectivity index (χ1v) is 8.49. The first-order valence-electron chi connectivity index (χ1n) is 5.08. The minimum Gasteiger partial charge on any atom is -0.263 e. The van der Waals surface area contributed by atoms with E-state index in [-0.39, 0.29) is 20.8 Å². The van der Waals surface area contributed by atoms with Crippen LogP contribution in [0.5, 0.6) is 0 Å². The van der Waals surface area contributed by atoms with Crippen LogP contribution >= 0.6 is 50.7 Å². The highest BCUT2D eigenvalue weighted by molar-refractivity contribution is 9.10. The highest BCUT2D eigenvalue weighted by Crippen LogP contribution is 2.33. The molecule has 106 valence electrons. The summed E-state index contributed by atoms with van der Waals surface area (Å²) in [5, 5.41) is 0.407. The van der Waals surface area contributed by atoms with E-state index in [2.05, 4.69) is 25.6 Å². The fourth-order valence-corrected chi connectivity index (χ4v) is 4.47. The summed E-state index contributed by atoms with van der Waals surface area (Å²) < 4.78 is 27.4. The van der Waals surface area contributed by atoms with Crippen LogP contribution in [0, 0.1) is 0 Å². The van der Waals surface area contributed by atoms with Crippen molar-refractivity contribution in [2.45, 2.75) is 4.90 Å². The largest absolute Gasteiger partial charge is 0.266 e. The van der Waals surface area contributed by atoms with Crippen LogP contribution < -0.4 is 4.72 Å². The number of halogens is 4. The highest BCUT2D eigenvalue weighted by atomic mass is 79.9. The Bertz CT molecular complexity index is 728. The molecular weight excluding hydrogens is 410 g/mol. The summed E-state index contributed by atoms with van der Waals surface area (Å²) >= 11 is 20.7. The minimum absolute atomic E-state index is 0.00541. The van der Waals surface area contributed by atoms with Gasteiger partial charge >= 0.3 is 0 Å². The van der Waals surface area contributed by atoms with E-state index >= 15 is 0 Å². The summed E-state index contributed by atoms with van der Waals surface area (Å²) in [5.41, 5.74) is 0. The molecule has 1 aromatic carbocycles. The maximum atomic E-state index is 12.3. The number of aromatic nitrogens is 1. The van der Waals surface area contributed by atoms with Crippen molar-refractivity contribution in [1.29, 1.82) is 0 Å². The van der Waals surface area contributed by atoms with Crippen molar-refractivity contribution in [2.24, 2.45) is 0 Å². The van der Waals surface area contributed by atoms with Crippen molar-refractivity contribution in [1.82, 2.24) is 4.98 Å². The molecule has 0 radical (unpaired) electrons. The Balaban J connectivity index is 2.43. The molecule has 4 nitrogen and oxygen atoms in total. The van der Waals surface area contributed by atoms with Gasteiger partial charge < -0.3 is 0 Å². The molecule has 0 unspecified atom stereocenters. The maximum Gasteiger partial charge on any atom is 0.266 e. The van der Waals surface area contributed by atoms with Crippen LogP contribution in [0.2, 0.25) is 15.1 Å². The fraction of sp³-hybridized carbons (Fsp3) is 0. The predicted octanol–water partition coefficient (Wildman–Crippen LogP) is 4.61. The number of anilines is 1. The van der Waals surface area contributed by atoms with Gasteiger partial charge in [0.1, 0.15) is 10.7 Å². The van der Waals surface area contributed by atoms with Gasteiger partial charge in [-0.25, -0.2) is 13.4 Å². The van der Waals surface area contributed by atoms with Crippen LogP contribution in [0.3, 0.4) is 0 Å². The Morgan fingerprint density at radius 1 is 1.10 bits per heavy atom. The summed E-state index contributed by atoms with van der Waals surface area (Å²) in [6.45, 7) is 0. The van der Waals surface area contributed by atoms with Crippen molar-refractivity contribution in [3.8, 4) is 0 Å². The average molecular weight is 417 g/mol. The van der Waals surface area contributed by atoms with E-state index in [1.165, 1.54) is 30.5 Å². The number of nitrogens with zero attached hydrogens (tertiary/aromatic N) is 1. The van der Waals surface area contributed by atoms with Gasteiger partial charge in [0.05, 0.1) is 15.1 Å². The minimum atomic E-state index is -3.94. The van der Waals surface area contributed by atoms with Gasteiger partial charge in [0.25, 0.3) is 10.0 Å². The first kappa shape index (κ1) is 15.9. The van der Waals surface area contributed by atoms with Crippen molar-refractivity contribution in [2.75, 3.05) is 4.72 Å². The third kappa shape index (κ3) is 3.56. The molecule has 0 saturated carbocycles. The zero-order valence-electron chi connectivity index (χ0n) is 9.57. The van der Waals surface area contributed by atoms with E-state index in [9.17, 15) is 8.42 Å². The van der Waals surface area contributed by atoms with E-state index < -0.39 is 10.0 Å². The molecule has 9 heteroatoms. The summed E-state index contributed by atoms with van der Waals surface area (Å²) in [4.78, 5) is 3.64. The molecule has 0 bridgehead atoms. The molecule has 20 heavy (non-hydrogen) atoms. The van der Waals surface area contributed by atoms with E-state index in [4.69, 9.17) is 34.8 Å². The molecule has 0 fully saturated rings. The van der Waals surface area contributed by atoms with Crippen molar-refractivity contribution in [3.05, 3.63) is 50.0 Å². The SMILES string of the molecule is O=S(=O)(Nc1ccc(Cl)cn1)c1c(Cl)cc(Br)cc1Cl. The molecule has 0 atom stereocenters. The lowest BCUT2D eigenvalue weighted by Crippen LogP contribution is -2.15. The third-order valence-electron chi connectivity index (χ3n) is 2.20. The molecule has 0 saturated heterocycles. The Labute approximate surface area is 139 Å². The molecule has 2 rings (SSSR count). The topological polar surface area (TPSA) is 59.1 Å². The first-order chi connectivity index (χ1) is 9.29. The molecule has 0 aliphatic rings. The third-order valence-corrected chi connectivity index (χ3v) is 5.15. The van der Waals surface area contributed by atoms with E-state index in [0.29, 0.717) is 9.50 Å². The van der Waals surface area contributed by atoms with Gasteiger partial charge in [-0.05, 0) is 24.3 Å². The van der Waals surface area contributed by atoms with Gasteiger partial charge in [0.2, 0.25) is 0 Å². The van der Waals surface area contributed by atoms with Crippen LogP contribution in [0.4, 0.5) is 5.82 Å². The van der Waals surface area contributed by atoms with Gasteiger partial charge in [0, 0.05) is 10.7 Å². The molecule has 0 amide bonds. The molecule has 2 aromatic rings. The lowest BCUT2D eigenvalue weighted by Gasteiger charge is -2.10. The Hall–Kier alpha value is -0.530. The number of hydrogen-bond donors (Lipinski definition) is 1. The quantitative estimate of drug-likeness (QED) is 0.795. The van der Waals surface area contributed by atoms with E-state index in [0.717, 1.165) is 0 Å². The van der Waals surface area contributed by atoms with E-state index in [1.54, 1.807) is 0 Å². The van der Waals surface area contributed by atoms with Gasteiger partial charge in [-0.3, -0.25) is 4.72 Å². The Morgan fingerprint density at radius 2 is 1.70 bits per heavy atom. The molecule has 0 aliphatic carbocycles. The number of nitrogens with one attached hydrogen (secondary N) is 1. The second-order valence-corrected chi connectivity index (χ2v) is 7.45. The van der Waals surface area contributed by atoms with Crippen LogP contribution in [-0.4, -0.2) is 13.4 Å². The van der Waals surface area contributed by atoms with Crippen molar-refractivity contribution >= 4 is 66.6 Å². The summed E-state index contributed by atoms with van der Waals surface area (Å²) in [6.07, 6.45) is 1.32. The monoisotopic (exact) mass is 414 g/mol. The molecular formula is C11H6BrCl3N2O2S. The van der Waals surface area contributed by atoms with Gasteiger partial charge in [-0.1, -0.05) is 50.7 Å². The van der Waals surface area contributed by atoms with Gasteiger partial charge in [-0.15, -0.1) is 0 Å². The smallest absolute Gasteiger partial charge is 0.263 e. The number of benzene rings is 1. The normalized spacial score (nSPS) is 11.4. The van der Waals surface area contributed by atoms with Crippen LogP contribution in [-0.2, 0) is 10.0 Å². The summed E-state index contributed by atoms with van der Waals surface area (Å²) in [5.74, 6) is 0.115. The van der Waals surface area contributed by atoms with Crippen LogP contribution in [0.1, 0.15) is 0 Å². The molecule has 1 N–H and O–H groups in total. The molecule has 0 spiro atoms. The van der Waals surface area contributed by atoms with E-state index in [1.807, 2.05) is 0 Å². The Morgan fingerprint density at radius 3 is 2.20 bits per heavy atom. The number of hydrogen-bond acceptors (Lipinski definition) is 3. The van der Waals surface area contributed by atoms with Crippen LogP contribution in [0.15, 0.2) is 39.8 Å². The van der Waals surface area contributed by atoms with Crippen LogP contribution in [0.25, 0.3) is 0 Å². The fourth-order valence-electron chi connectivity index (χ4n) is 1.41. The molecule has 1 aromatic heterocycles. The Kier molecular flexibility index (Phi) is 4.81. The lowest BCUT2D eigenvalue weighted by molar-refractivity contribution is 0.601. The lowest BCUT2D eigenvalue weighted by atomic mass is 10.4. The second kappa shape index (κ2) is 6.07. The van der Waals surface area contributed by atoms with Crippen molar-refractivity contribution in [3.63, 3.8) is 0 Å². The zero-order valence-corrected chi connectivity index (χ0v) is 14.2. The second-order valence-electron chi connectivity index (χ2n) is 3.67. The number of rotatable bonds is 3. The summed E-state index contributed by atoms with van der Waals surface area (Å²) in [7, 11) is -3.94. The average Bonchev–Trinajstić information content (AvgIpc) is 2.30. The number of pyridine rings is 1. The van der Waals surface area contributed by atoms with Gasteiger partial charge in [0.15, 0.2) is 0 Å².